The van der Waals surface area contributed by atoms with Gasteiger partial charge in [-0.15, -0.1) is 0 Å². The first kappa shape index (κ1) is 16.2. The van der Waals surface area contributed by atoms with Crippen LogP contribution in [0, 0.1) is 5.41 Å². The van der Waals surface area contributed by atoms with Gasteiger partial charge in [-0.05, 0) is 31.1 Å². The number of rotatable bonds is 5. The summed E-state index contributed by atoms with van der Waals surface area (Å²) in [5.41, 5.74) is -0.219. The average Bonchev–Trinajstić information content (AvgIpc) is 2.36. The summed E-state index contributed by atoms with van der Waals surface area (Å²) in [4.78, 5) is 11.5. The van der Waals surface area contributed by atoms with Crippen molar-refractivity contribution >= 4 is 6.03 Å². The van der Waals surface area contributed by atoms with Gasteiger partial charge in [0.05, 0.1) is 12.2 Å². The highest BCUT2D eigenvalue weighted by atomic mass is 16.5. The zero-order valence-corrected chi connectivity index (χ0v) is 12.4. The van der Waals surface area contributed by atoms with Crippen LogP contribution in [0.4, 0.5) is 4.79 Å². The van der Waals surface area contributed by atoms with Crippen molar-refractivity contribution in [3.05, 3.63) is 0 Å². The van der Waals surface area contributed by atoms with E-state index in [0.29, 0.717) is 6.54 Å². The van der Waals surface area contributed by atoms with E-state index in [1.807, 2.05) is 20.8 Å². The summed E-state index contributed by atoms with van der Waals surface area (Å²) in [5, 5.41) is 15.3. The number of ether oxygens (including phenoxy) is 1. The highest BCUT2D eigenvalue weighted by Crippen LogP contribution is 2.18. The van der Waals surface area contributed by atoms with Crippen molar-refractivity contribution in [2.75, 3.05) is 19.7 Å². The minimum atomic E-state index is -0.542. The van der Waals surface area contributed by atoms with Gasteiger partial charge in [0.15, 0.2) is 0 Å². The van der Waals surface area contributed by atoms with Crippen LogP contribution in [0.5, 0.6) is 0 Å². The fraction of sp³-hybridized carbons (Fsp3) is 0.929. The molecular weight excluding hydrogens is 244 g/mol. The summed E-state index contributed by atoms with van der Waals surface area (Å²) in [5.74, 6) is 0. The number of aliphatic hydroxyl groups excluding tert-OH is 1. The topological polar surface area (TPSA) is 70.6 Å². The quantitative estimate of drug-likeness (QED) is 0.712. The van der Waals surface area contributed by atoms with Crippen LogP contribution in [0.1, 0.15) is 46.5 Å². The number of aliphatic hydroxyl groups is 1. The zero-order valence-electron chi connectivity index (χ0n) is 12.4. The molecule has 2 unspecified atom stereocenters. The van der Waals surface area contributed by atoms with Gasteiger partial charge in [0, 0.05) is 19.7 Å². The Morgan fingerprint density at radius 1 is 1.37 bits per heavy atom. The molecule has 0 bridgehead atoms. The number of amides is 2. The van der Waals surface area contributed by atoms with E-state index >= 15 is 0 Å². The Bertz CT molecular complexity index is 270. The van der Waals surface area contributed by atoms with Gasteiger partial charge >= 0.3 is 6.03 Å². The van der Waals surface area contributed by atoms with Crippen LogP contribution in [0.2, 0.25) is 0 Å². The molecule has 1 aliphatic heterocycles. The Morgan fingerprint density at radius 2 is 2.11 bits per heavy atom. The number of carbonyl (C=O) groups excluding carboxylic acids is 1. The molecule has 3 N–H and O–H groups in total. The van der Waals surface area contributed by atoms with Gasteiger partial charge < -0.3 is 20.5 Å². The second-order valence-corrected chi connectivity index (χ2v) is 6.30. The predicted octanol–water partition coefficient (Wildman–Crippen LogP) is 1.65. The van der Waals surface area contributed by atoms with Crippen LogP contribution >= 0.6 is 0 Å². The van der Waals surface area contributed by atoms with Crippen LogP contribution in [0.15, 0.2) is 0 Å². The standard InChI is InChI=1S/C14H28N2O3/c1-14(2,3)12(17)10-16-13(18)15-8-7-11-6-4-5-9-19-11/h11-12,17H,4-10H2,1-3H3,(H2,15,16,18). The SMILES string of the molecule is CC(C)(C)C(O)CNC(=O)NCCC1CCCCO1. The number of urea groups is 1. The van der Waals surface area contributed by atoms with Crippen LogP contribution in [-0.4, -0.2) is 43.0 Å². The molecule has 1 saturated heterocycles. The maximum atomic E-state index is 11.5. The van der Waals surface area contributed by atoms with Gasteiger partial charge in [-0.25, -0.2) is 4.79 Å². The third-order valence-corrected chi connectivity index (χ3v) is 3.48. The maximum Gasteiger partial charge on any atom is 0.314 e. The minimum absolute atomic E-state index is 0.219. The molecule has 2 amide bonds. The molecule has 0 saturated carbocycles. The van der Waals surface area contributed by atoms with E-state index in [0.717, 1.165) is 25.9 Å². The van der Waals surface area contributed by atoms with Crippen LogP contribution in [0.3, 0.4) is 0 Å². The molecule has 112 valence electrons. The molecule has 19 heavy (non-hydrogen) atoms. The highest BCUT2D eigenvalue weighted by molar-refractivity contribution is 5.73. The third kappa shape index (κ3) is 6.78. The van der Waals surface area contributed by atoms with Crippen LogP contribution < -0.4 is 10.6 Å². The molecule has 5 nitrogen and oxygen atoms in total. The van der Waals surface area contributed by atoms with Gasteiger partial charge in [0.2, 0.25) is 0 Å². The normalized spacial score (nSPS) is 21.8. The number of carbonyl (C=O) groups is 1. The fourth-order valence-corrected chi connectivity index (χ4v) is 1.94. The molecule has 0 aliphatic carbocycles. The van der Waals surface area contributed by atoms with Crippen molar-refractivity contribution in [2.24, 2.45) is 5.41 Å². The van der Waals surface area contributed by atoms with E-state index in [9.17, 15) is 9.90 Å². The largest absolute Gasteiger partial charge is 0.391 e. The third-order valence-electron chi connectivity index (χ3n) is 3.48. The smallest absolute Gasteiger partial charge is 0.314 e. The molecule has 0 aromatic carbocycles. The minimum Gasteiger partial charge on any atom is -0.391 e. The second-order valence-electron chi connectivity index (χ2n) is 6.30. The van der Waals surface area contributed by atoms with Gasteiger partial charge in [-0.3, -0.25) is 0 Å². The fourth-order valence-electron chi connectivity index (χ4n) is 1.94. The Kier molecular flexibility index (Phi) is 6.58. The van der Waals surface area contributed by atoms with Crippen LogP contribution in [0.25, 0.3) is 0 Å². The molecule has 5 heteroatoms. The Morgan fingerprint density at radius 3 is 2.68 bits per heavy atom. The van der Waals surface area contributed by atoms with Crippen LogP contribution in [-0.2, 0) is 4.74 Å². The van der Waals surface area contributed by atoms with Crippen molar-refractivity contribution in [1.82, 2.24) is 10.6 Å². The molecule has 2 atom stereocenters. The van der Waals surface area contributed by atoms with Crippen molar-refractivity contribution in [2.45, 2.75) is 58.7 Å². The van der Waals surface area contributed by atoms with Gasteiger partial charge in [-0.1, -0.05) is 20.8 Å². The number of nitrogens with one attached hydrogen (secondary N) is 2. The van der Waals surface area contributed by atoms with E-state index in [-0.39, 0.29) is 24.1 Å². The Hall–Kier alpha value is -0.810. The molecular formula is C14H28N2O3. The molecule has 1 heterocycles. The first-order valence-electron chi connectivity index (χ1n) is 7.21. The van der Waals surface area contributed by atoms with E-state index in [1.54, 1.807) is 0 Å². The first-order valence-corrected chi connectivity index (χ1v) is 7.21. The van der Waals surface area contributed by atoms with Crippen molar-refractivity contribution in [3.8, 4) is 0 Å². The number of hydrogen-bond acceptors (Lipinski definition) is 3. The second kappa shape index (κ2) is 7.70. The highest BCUT2D eigenvalue weighted by Gasteiger charge is 2.22. The van der Waals surface area contributed by atoms with E-state index in [1.165, 1.54) is 6.42 Å². The van der Waals surface area contributed by atoms with Gasteiger partial charge in [0.25, 0.3) is 0 Å². The predicted molar refractivity (Wildman–Crippen MR) is 75.1 cm³/mol. The van der Waals surface area contributed by atoms with Crippen molar-refractivity contribution in [1.29, 1.82) is 0 Å². The molecule has 0 radical (unpaired) electrons. The zero-order chi connectivity index (χ0) is 14.3. The Labute approximate surface area is 116 Å². The first-order chi connectivity index (χ1) is 8.89. The summed E-state index contributed by atoms with van der Waals surface area (Å²) in [7, 11) is 0. The summed E-state index contributed by atoms with van der Waals surface area (Å²) in [6.45, 7) is 7.55. The lowest BCUT2D eigenvalue weighted by atomic mass is 9.89. The van der Waals surface area contributed by atoms with E-state index < -0.39 is 6.10 Å². The average molecular weight is 272 g/mol. The van der Waals surface area contributed by atoms with E-state index in [2.05, 4.69) is 10.6 Å². The monoisotopic (exact) mass is 272 g/mol. The van der Waals surface area contributed by atoms with E-state index in [4.69, 9.17) is 4.74 Å². The number of hydrogen-bond donors (Lipinski definition) is 3. The van der Waals surface area contributed by atoms with Gasteiger partial charge in [0.1, 0.15) is 0 Å². The van der Waals surface area contributed by atoms with Gasteiger partial charge in [-0.2, -0.15) is 0 Å². The molecule has 1 fully saturated rings. The Balaban J connectivity index is 2.07. The summed E-state index contributed by atoms with van der Waals surface area (Å²) >= 11 is 0. The molecule has 1 rings (SSSR count). The molecule has 0 spiro atoms. The lowest BCUT2D eigenvalue weighted by Crippen LogP contribution is -2.44. The maximum absolute atomic E-state index is 11.5. The molecule has 1 aliphatic rings. The summed E-state index contributed by atoms with van der Waals surface area (Å²) < 4.78 is 5.59. The summed E-state index contributed by atoms with van der Waals surface area (Å²) in [6.07, 6.45) is 4.06. The van der Waals surface area contributed by atoms with Crippen molar-refractivity contribution in [3.63, 3.8) is 0 Å². The summed E-state index contributed by atoms with van der Waals surface area (Å²) in [6, 6.07) is -0.223. The lowest BCUT2D eigenvalue weighted by molar-refractivity contribution is 0.0119. The van der Waals surface area contributed by atoms with Crippen molar-refractivity contribution < 1.29 is 14.6 Å². The molecule has 0 aromatic heterocycles. The lowest BCUT2D eigenvalue weighted by Gasteiger charge is -2.26. The molecule has 0 aromatic rings.